The van der Waals surface area contributed by atoms with E-state index in [9.17, 15) is 0 Å². The van der Waals surface area contributed by atoms with Crippen molar-refractivity contribution in [1.29, 1.82) is 0 Å². The van der Waals surface area contributed by atoms with Gasteiger partial charge >= 0.3 is 0 Å². The van der Waals surface area contributed by atoms with Crippen LogP contribution >= 0.6 is 0 Å². The van der Waals surface area contributed by atoms with E-state index in [1.165, 1.54) is 5.56 Å². The van der Waals surface area contributed by atoms with Gasteiger partial charge in [-0.25, -0.2) is 4.98 Å². The highest BCUT2D eigenvalue weighted by Gasteiger charge is 2.11. The van der Waals surface area contributed by atoms with Gasteiger partial charge in [-0.3, -0.25) is 4.98 Å². The first-order valence-electron chi connectivity index (χ1n) is 7.21. The summed E-state index contributed by atoms with van der Waals surface area (Å²) in [6, 6.07) is 14.2. The van der Waals surface area contributed by atoms with E-state index >= 15 is 0 Å². The van der Waals surface area contributed by atoms with E-state index in [-0.39, 0.29) is 0 Å². The smallest absolute Gasteiger partial charge is 0.223 e. The first-order chi connectivity index (χ1) is 10.7. The molecule has 0 unspecified atom stereocenters. The molecule has 0 bridgehead atoms. The van der Waals surface area contributed by atoms with E-state index in [1.54, 1.807) is 7.11 Å². The van der Waals surface area contributed by atoms with Crippen molar-refractivity contribution in [2.75, 3.05) is 21.2 Å². The molecule has 0 radical (unpaired) electrons. The standard InChI is InChI=1S/C18H19N3O/c1-21(2)12-13-8-9-17(19-11-13)15-10-14-6-4-5-7-16(14)20-18(15)22-3/h4-11H,12H2,1-3H3. The minimum Gasteiger partial charge on any atom is -0.480 e. The second-order valence-corrected chi connectivity index (χ2v) is 5.53. The van der Waals surface area contributed by atoms with Gasteiger partial charge in [0.25, 0.3) is 0 Å². The Morgan fingerprint density at radius 3 is 2.59 bits per heavy atom. The lowest BCUT2D eigenvalue weighted by Gasteiger charge is -2.11. The summed E-state index contributed by atoms with van der Waals surface area (Å²) in [5, 5.41) is 1.08. The van der Waals surface area contributed by atoms with E-state index in [0.717, 1.165) is 28.7 Å². The molecule has 4 heteroatoms. The van der Waals surface area contributed by atoms with Crippen LogP contribution in [0.5, 0.6) is 5.88 Å². The predicted molar refractivity (Wildman–Crippen MR) is 88.9 cm³/mol. The first kappa shape index (κ1) is 14.5. The normalized spacial score (nSPS) is 11.1. The molecule has 2 heterocycles. The number of hydrogen-bond donors (Lipinski definition) is 0. The number of methoxy groups -OCH3 is 1. The largest absolute Gasteiger partial charge is 0.480 e. The maximum Gasteiger partial charge on any atom is 0.223 e. The van der Waals surface area contributed by atoms with Crippen molar-refractivity contribution in [3.63, 3.8) is 0 Å². The quantitative estimate of drug-likeness (QED) is 0.739. The number of nitrogens with zero attached hydrogens (tertiary/aromatic N) is 3. The van der Waals surface area contributed by atoms with Crippen LogP contribution in [-0.2, 0) is 6.54 Å². The van der Waals surface area contributed by atoms with Gasteiger partial charge in [0.15, 0.2) is 0 Å². The number of ether oxygens (including phenoxy) is 1. The van der Waals surface area contributed by atoms with Crippen LogP contribution in [0.2, 0.25) is 0 Å². The molecular weight excluding hydrogens is 274 g/mol. The molecule has 2 aromatic heterocycles. The Kier molecular flexibility index (Phi) is 4.02. The van der Waals surface area contributed by atoms with Crippen LogP contribution in [0.4, 0.5) is 0 Å². The average Bonchev–Trinajstić information content (AvgIpc) is 2.54. The second kappa shape index (κ2) is 6.12. The van der Waals surface area contributed by atoms with Crippen molar-refractivity contribution in [2.45, 2.75) is 6.54 Å². The zero-order chi connectivity index (χ0) is 15.5. The van der Waals surface area contributed by atoms with E-state index in [1.807, 2.05) is 50.6 Å². The molecule has 0 amide bonds. The van der Waals surface area contributed by atoms with Gasteiger partial charge in [0.05, 0.1) is 23.9 Å². The van der Waals surface area contributed by atoms with Gasteiger partial charge in [0.1, 0.15) is 0 Å². The van der Waals surface area contributed by atoms with Crippen LogP contribution in [0, 0.1) is 0 Å². The lowest BCUT2D eigenvalue weighted by Crippen LogP contribution is -2.10. The number of rotatable bonds is 4. The number of pyridine rings is 2. The summed E-state index contributed by atoms with van der Waals surface area (Å²) in [7, 11) is 5.73. The summed E-state index contributed by atoms with van der Waals surface area (Å²) in [4.78, 5) is 11.3. The molecule has 0 atom stereocenters. The third-order valence-electron chi connectivity index (χ3n) is 3.48. The minimum absolute atomic E-state index is 0.603. The number of para-hydroxylation sites is 1. The van der Waals surface area contributed by atoms with Crippen LogP contribution < -0.4 is 4.74 Å². The van der Waals surface area contributed by atoms with Crippen LogP contribution in [-0.4, -0.2) is 36.1 Å². The van der Waals surface area contributed by atoms with Gasteiger partial charge in [0, 0.05) is 18.1 Å². The minimum atomic E-state index is 0.603. The Labute approximate surface area is 130 Å². The highest BCUT2D eigenvalue weighted by molar-refractivity contribution is 5.85. The van der Waals surface area contributed by atoms with Crippen LogP contribution in [0.25, 0.3) is 22.2 Å². The average molecular weight is 293 g/mol. The third kappa shape index (κ3) is 2.92. The van der Waals surface area contributed by atoms with Crippen LogP contribution in [0.1, 0.15) is 5.56 Å². The molecule has 0 saturated carbocycles. The lowest BCUT2D eigenvalue weighted by molar-refractivity contribution is 0.400. The summed E-state index contributed by atoms with van der Waals surface area (Å²) in [5.41, 5.74) is 3.89. The molecule has 0 aliphatic carbocycles. The zero-order valence-corrected chi connectivity index (χ0v) is 13.1. The van der Waals surface area contributed by atoms with E-state index in [4.69, 9.17) is 4.74 Å². The summed E-state index contributed by atoms with van der Waals surface area (Å²) >= 11 is 0. The molecule has 1 aromatic carbocycles. The van der Waals surface area contributed by atoms with Crippen LogP contribution in [0.3, 0.4) is 0 Å². The van der Waals surface area contributed by atoms with Crippen molar-refractivity contribution in [3.05, 3.63) is 54.2 Å². The molecule has 0 fully saturated rings. The molecule has 0 saturated heterocycles. The predicted octanol–water partition coefficient (Wildman–Crippen LogP) is 3.37. The van der Waals surface area contributed by atoms with E-state index in [2.05, 4.69) is 27.0 Å². The zero-order valence-electron chi connectivity index (χ0n) is 13.1. The summed E-state index contributed by atoms with van der Waals surface area (Å²) < 4.78 is 5.44. The molecule has 22 heavy (non-hydrogen) atoms. The number of benzene rings is 1. The Morgan fingerprint density at radius 2 is 1.91 bits per heavy atom. The van der Waals surface area contributed by atoms with E-state index in [0.29, 0.717) is 5.88 Å². The molecule has 0 spiro atoms. The molecule has 3 aromatic rings. The van der Waals surface area contributed by atoms with E-state index < -0.39 is 0 Å². The Morgan fingerprint density at radius 1 is 1.09 bits per heavy atom. The number of fused-ring (bicyclic) bond motifs is 1. The lowest BCUT2D eigenvalue weighted by atomic mass is 10.1. The summed E-state index contributed by atoms with van der Waals surface area (Å²) in [6.45, 7) is 0.875. The maximum atomic E-state index is 5.44. The number of hydrogen-bond acceptors (Lipinski definition) is 4. The molecule has 0 aliphatic heterocycles. The van der Waals surface area contributed by atoms with Crippen LogP contribution in [0.15, 0.2) is 48.7 Å². The molecule has 112 valence electrons. The Bertz CT molecular complexity index is 782. The molecule has 3 rings (SSSR count). The van der Waals surface area contributed by atoms with Crippen molar-refractivity contribution in [3.8, 4) is 17.1 Å². The van der Waals surface area contributed by atoms with Gasteiger partial charge in [-0.15, -0.1) is 0 Å². The Balaban J connectivity index is 2.04. The highest BCUT2D eigenvalue weighted by atomic mass is 16.5. The summed E-state index contributed by atoms with van der Waals surface area (Å²) in [6.07, 6.45) is 1.91. The Hall–Kier alpha value is -2.46. The van der Waals surface area contributed by atoms with Gasteiger partial charge in [0.2, 0.25) is 5.88 Å². The van der Waals surface area contributed by atoms with Crippen molar-refractivity contribution in [1.82, 2.24) is 14.9 Å². The first-order valence-corrected chi connectivity index (χ1v) is 7.21. The summed E-state index contributed by atoms with van der Waals surface area (Å²) in [5.74, 6) is 0.603. The van der Waals surface area contributed by atoms with Gasteiger partial charge in [-0.05, 0) is 37.9 Å². The van der Waals surface area contributed by atoms with Gasteiger partial charge in [-0.1, -0.05) is 24.3 Å². The fourth-order valence-electron chi connectivity index (χ4n) is 2.48. The van der Waals surface area contributed by atoms with Crippen molar-refractivity contribution in [2.24, 2.45) is 0 Å². The molecule has 0 aliphatic rings. The molecule has 4 nitrogen and oxygen atoms in total. The number of aromatic nitrogens is 2. The van der Waals surface area contributed by atoms with Crippen molar-refractivity contribution < 1.29 is 4.74 Å². The van der Waals surface area contributed by atoms with Gasteiger partial charge in [-0.2, -0.15) is 0 Å². The van der Waals surface area contributed by atoms with Gasteiger partial charge < -0.3 is 9.64 Å². The monoisotopic (exact) mass is 293 g/mol. The third-order valence-corrected chi connectivity index (χ3v) is 3.48. The molecule has 0 N–H and O–H groups in total. The van der Waals surface area contributed by atoms with Crippen molar-refractivity contribution >= 4 is 10.9 Å². The SMILES string of the molecule is COc1nc2ccccc2cc1-c1ccc(CN(C)C)cn1. The maximum absolute atomic E-state index is 5.44. The highest BCUT2D eigenvalue weighted by Crippen LogP contribution is 2.30. The second-order valence-electron chi connectivity index (χ2n) is 5.53. The fourth-order valence-corrected chi connectivity index (χ4v) is 2.48. The molecular formula is C18H19N3O. The fraction of sp³-hybridized carbons (Fsp3) is 0.222. The topological polar surface area (TPSA) is 38.2 Å².